The molecule has 1 aliphatic carbocycles. The number of hydrogen-bond donors (Lipinski definition) is 1. The Bertz CT molecular complexity index is 570. The van der Waals surface area contributed by atoms with Crippen LogP contribution in [0.2, 0.25) is 0 Å². The topological polar surface area (TPSA) is 36.4 Å². The SMILES string of the molecule is CN(CCc1ccccn1)C1Cc2ccccc2C1O. The predicted octanol–water partition coefficient (Wildman–Crippen LogP) is 2.21. The third-order valence-electron chi connectivity index (χ3n) is 4.18. The molecule has 2 unspecified atom stereocenters. The van der Waals surface area contributed by atoms with Gasteiger partial charge in [0, 0.05) is 30.9 Å². The Morgan fingerprint density at radius 3 is 2.75 bits per heavy atom. The summed E-state index contributed by atoms with van der Waals surface area (Å²) in [5.74, 6) is 0. The maximum absolute atomic E-state index is 10.5. The van der Waals surface area contributed by atoms with Crippen molar-refractivity contribution in [2.75, 3.05) is 13.6 Å². The minimum Gasteiger partial charge on any atom is -0.387 e. The quantitative estimate of drug-likeness (QED) is 0.923. The lowest BCUT2D eigenvalue weighted by atomic mass is 10.1. The first-order valence-corrected chi connectivity index (χ1v) is 7.12. The van der Waals surface area contributed by atoms with Gasteiger partial charge in [-0.3, -0.25) is 9.88 Å². The summed E-state index contributed by atoms with van der Waals surface area (Å²) in [7, 11) is 2.09. The Kier molecular flexibility index (Phi) is 3.81. The Morgan fingerprint density at radius 2 is 2.00 bits per heavy atom. The van der Waals surface area contributed by atoms with Gasteiger partial charge in [-0.1, -0.05) is 30.3 Å². The number of aromatic nitrogens is 1. The third kappa shape index (κ3) is 2.60. The van der Waals surface area contributed by atoms with E-state index < -0.39 is 0 Å². The van der Waals surface area contributed by atoms with E-state index in [0.29, 0.717) is 0 Å². The maximum Gasteiger partial charge on any atom is 0.0950 e. The fourth-order valence-electron chi connectivity index (χ4n) is 2.95. The zero-order valence-electron chi connectivity index (χ0n) is 11.7. The largest absolute Gasteiger partial charge is 0.387 e. The number of benzene rings is 1. The van der Waals surface area contributed by atoms with Crippen LogP contribution in [-0.4, -0.2) is 34.6 Å². The molecule has 0 fully saturated rings. The number of likely N-dealkylation sites (N-methyl/N-ethyl adjacent to an activating group) is 1. The van der Waals surface area contributed by atoms with Crippen LogP contribution in [-0.2, 0) is 12.8 Å². The minimum absolute atomic E-state index is 0.177. The average molecular weight is 268 g/mol. The molecular weight excluding hydrogens is 248 g/mol. The van der Waals surface area contributed by atoms with E-state index in [1.54, 1.807) is 0 Å². The van der Waals surface area contributed by atoms with Gasteiger partial charge < -0.3 is 5.11 Å². The van der Waals surface area contributed by atoms with Gasteiger partial charge in [0.15, 0.2) is 0 Å². The molecular formula is C17H20N2O. The molecule has 2 atom stereocenters. The summed E-state index contributed by atoms with van der Waals surface area (Å²) in [6.45, 7) is 0.909. The standard InChI is InChI=1S/C17H20N2O/c1-19(11-9-14-7-4-5-10-18-14)16-12-13-6-2-3-8-15(13)17(16)20/h2-8,10,16-17,20H,9,11-12H2,1H3. The number of aliphatic hydroxyl groups excluding tert-OH is 1. The lowest BCUT2D eigenvalue weighted by Crippen LogP contribution is -2.36. The highest BCUT2D eigenvalue weighted by atomic mass is 16.3. The maximum atomic E-state index is 10.5. The van der Waals surface area contributed by atoms with Crippen LogP contribution in [0.1, 0.15) is 22.9 Å². The van der Waals surface area contributed by atoms with E-state index in [-0.39, 0.29) is 12.1 Å². The fourth-order valence-corrected chi connectivity index (χ4v) is 2.95. The molecule has 20 heavy (non-hydrogen) atoms. The van der Waals surface area contributed by atoms with E-state index in [2.05, 4.69) is 23.0 Å². The molecule has 104 valence electrons. The Balaban J connectivity index is 1.63. The van der Waals surface area contributed by atoms with Gasteiger partial charge in [-0.25, -0.2) is 0 Å². The van der Waals surface area contributed by atoms with E-state index in [9.17, 15) is 5.11 Å². The molecule has 0 radical (unpaired) electrons. The lowest BCUT2D eigenvalue weighted by Gasteiger charge is -2.27. The van der Waals surface area contributed by atoms with Crippen molar-refractivity contribution >= 4 is 0 Å². The van der Waals surface area contributed by atoms with E-state index in [0.717, 1.165) is 30.6 Å². The second-order valence-electron chi connectivity index (χ2n) is 5.47. The zero-order chi connectivity index (χ0) is 13.9. The molecule has 3 heteroatoms. The van der Waals surface area contributed by atoms with Gasteiger partial charge in [0.2, 0.25) is 0 Å². The van der Waals surface area contributed by atoms with Crippen molar-refractivity contribution in [3.63, 3.8) is 0 Å². The number of rotatable bonds is 4. The molecule has 0 aliphatic heterocycles. The molecule has 0 bridgehead atoms. The summed E-state index contributed by atoms with van der Waals surface area (Å²) in [6, 6.07) is 14.4. The van der Waals surface area contributed by atoms with Crippen molar-refractivity contribution < 1.29 is 5.11 Å². The zero-order valence-corrected chi connectivity index (χ0v) is 11.7. The van der Waals surface area contributed by atoms with Crippen molar-refractivity contribution in [2.24, 2.45) is 0 Å². The van der Waals surface area contributed by atoms with Crippen molar-refractivity contribution in [3.05, 3.63) is 65.5 Å². The molecule has 0 saturated heterocycles. The molecule has 2 aromatic rings. The summed E-state index contributed by atoms with van der Waals surface area (Å²) >= 11 is 0. The van der Waals surface area contributed by atoms with Gasteiger partial charge in [0.05, 0.1) is 6.10 Å². The molecule has 0 amide bonds. The van der Waals surface area contributed by atoms with Crippen molar-refractivity contribution in [3.8, 4) is 0 Å². The minimum atomic E-state index is -0.375. The summed E-state index contributed by atoms with van der Waals surface area (Å²) in [4.78, 5) is 6.60. The van der Waals surface area contributed by atoms with Crippen LogP contribution in [0.4, 0.5) is 0 Å². The van der Waals surface area contributed by atoms with Crippen LogP contribution in [0.15, 0.2) is 48.7 Å². The third-order valence-corrected chi connectivity index (χ3v) is 4.18. The van der Waals surface area contributed by atoms with Gasteiger partial charge >= 0.3 is 0 Å². The van der Waals surface area contributed by atoms with E-state index >= 15 is 0 Å². The molecule has 1 aromatic heterocycles. The number of aliphatic hydroxyl groups is 1. The first kappa shape index (κ1) is 13.3. The number of nitrogens with zero attached hydrogens (tertiary/aromatic N) is 2. The molecule has 1 N–H and O–H groups in total. The first-order valence-electron chi connectivity index (χ1n) is 7.12. The smallest absolute Gasteiger partial charge is 0.0950 e. The van der Waals surface area contributed by atoms with E-state index in [1.165, 1.54) is 5.56 Å². The monoisotopic (exact) mass is 268 g/mol. The van der Waals surface area contributed by atoms with Gasteiger partial charge in [0.1, 0.15) is 0 Å². The highest BCUT2D eigenvalue weighted by Gasteiger charge is 2.32. The van der Waals surface area contributed by atoms with E-state index in [1.807, 2.05) is 42.6 Å². The summed E-state index contributed by atoms with van der Waals surface area (Å²) in [5.41, 5.74) is 3.46. The van der Waals surface area contributed by atoms with Crippen molar-refractivity contribution in [2.45, 2.75) is 25.0 Å². The van der Waals surface area contributed by atoms with Crippen LogP contribution < -0.4 is 0 Å². The summed E-state index contributed by atoms with van der Waals surface area (Å²) in [6.07, 6.45) is 3.29. The Labute approximate surface area is 119 Å². The van der Waals surface area contributed by atoms with Gasteiger partial charge in [0.25, 0.3) is 0 Å². The highest BCUT2D eigenvalue weighted by Crippen LogP contribution is 2.33. The molecule has 0 saturated carbocycles. The van der Waals surface area contributed by atoms with Crippen LogP contribution in [0.3, 0.4) is 0 Å². The number of fused-ring (bicyclic) bond motifs is 1. The van der Waals surface area contributed by atoms with Crippen LogP contribution >= 0.6 is 0 Å². The lowest BCUT2D eigenvalue weighted by molar-refractivity contribution is 0.0765. The van der Waals surface area contributed by atoms with Gasteiger partial charge in [-0.15, -0.1) is 0 Å². The Morgan fingerprint density at radius 1 is 1.20 bits per heavy atom. The molecule has 3 nitrogen and oxygen atoms in total. The highest BCUT2D eigenvalue weighted by molar-refractivity contribution is 5.35. The molecule has 0 spiro atoms. The normalized spacial score (nSPS) is 21.1. The predicted molar refractivity (Wildman–Crippen MR) is 79.5 cm³/mol. The molecule has 1 aliphatic rings. The van der Waals surface area contributed by atoms with Crippen LogP contribution in [0.25, 0.3) is 0 Å². The van der Waals surface area contributed by atoms with Gasteiger partial charge in [-0.2, -0.15) is 0 Å². The number of pyridine rings is 1. The summed E-state index contributed by atoms with van der Waals surface area (Å²) in [5, 5.41) is 10.5. The van der Waals surface area contributed by atoms with Crippen molar-refractivity contribution in [1.82, 2.24) is 9.88 Å². The van der Waals surface area contributed by atoms with E-state index in [4.69, 9.17) is 0 Å². The molecule has 1 aromatic carbocycles. The number of hydrogen-bond acceptors (Lipinski definition) is 3. The Hall–Kier alpha value is -1.71. The first-order chi connectivity index (χ1) is 9.75. The van der Waals surface area contributed by atoms with Crippen molar-refractivity contribution in [1.29, 1.82) is 0 Å². The molecule has 3 rings (SSSR count). The second kappa shape index (κ2) is 5.73. The second-order valence-corrected chi connectivity index (χ2v) is 5.47. The van der Waals surface area contributed by atoms with Gasteiger partial charge in [-0.05, 0) is 36.7 Å². The summed E-state index contributed by atoms with van der Waals surface area (Å²) < 4.78 is 0. The fraction of sp³-hybridized carbons (Fsp3) is 0.353. The average Bonchev–Trinajstić information content (AvgIpc) is 2.84. The van der Waals surface area contributed by atoms with Crippen LogP contribution in [0, 0.1) is 0 Å². The molecule has 1 heterocycles. The van der Waals surface area contributed by atoms with Crippen LogP contribution in [0.5, 0.6) is 0 Å².